The molecule has 0 aliphatic rings. The van der Waals surface area contributed by atoms with Gasteiger partial charge in [0.25, 0.3) is 0 Å². The maximum atomic E-state index is 5.34. The number of rotatable bonds is 7. The molecule has 0 unspecified atom stereocenters. The van der Waals surface area contributed by atoms with Crippen LogP contribution < -0.4 is 18.9 Å². The van der Waals surface area contributed by atoms with Crippen LogP contribution in [0.3, 0.4) is 0 Å². The second kappa shape index (κ2) is 8.57. The highest BCUT2D eigenvalue weighted by Crippen LogP contribution is 2.30. The maximum Gasteiger partial charge on any atom is 0.169 e. The van der Waals surface area contributed by atoms with Gasteiger partial charge in [-0.1, -0.05) is 12.1 Å². The molecule has 0 aliphatic carbocycles. The summed E-state index contributed by atoms with van der Waals surface area (Å²) in [6.45, 7) is 0. The SMILES string of the molecule is COc1cccc(/C=N\N=C\c2cccc(OC)c2OC)c1OC. The van der Waals surface area contributed by atoms with Crippen LogP contribution in [0.5, 0.6) is 23.0 Å². The quantitative estimate of drug-likeness (QED) is 0.578. The minimum absolute atomic E-state index is 0.609. The van der Waals surface area contributed by atoms with Crippen LogP contribution >= 0.6 is 0 Å². The summed E-state index contributed by atoms with van der Waals surface area (Å²) in [5.41, 5.74) is 1.54. The van der Waals surface area contributed by atoms with Crippen LogP contribution in [0.15, 0.2) is 46.6 Å². The number of hydrogen-bond acceptors (Lipinski definition) is 6. The summed E-state index contributed by atoms with van der Waals surface area (Å²) in [6.07, 6.45) is 3.20. The zero-order valence-corrected chi connectivity index (χ0v) is 14.1. The molecule has 0 atom stereocenters. The van der Waals surface area contributed by atoms with Crippen molar-refractivity contribution in [3.63, 3.8) is 0 Å². The van der Waals surface area contributed by atoms with E-state index in [1.165, 1.54) is 0 Å². The molecule has 0 aromatic heterocycles. The summed E-state index contributed by atoms with van der Waals surface area (Å²) in [5, 5.41) is 8.13. The van der Waals surface area contributed by atoms with Gasteiger partial charge in [0.2, 0.25) is 0 Å². The van der Waals surface area contributed by atoms with Gasteiger partial charge < -0.3 is 18.9 Å². The molecule has 0 saturated heterocycles. The molecule has 2 aromatic carbocycles. The first-order chi connectivity index (χ1) is 11.7. The fourth-order valence-electron chi connectivity index (χ4n) is 2.22. The Bertz CT molecular complexity index is 678. The maximum absolute atomic E-state index is 5.34. The Labute approximate surface area is 141 Å². The lowest BCUT2D eigenvalue weighted by atomic mass is 10.2. The number of para-hydroxylation sites is 2. The summed E-state index contributed by atoms with van der Waals surface area (Å²) in [4.78, 5) is 0. The lowest BCUT2D eigenvalue weighted by molar-refractivity contribution is 0.354. The van der Waals surface area contributed by atoms with E-state index in [4.69, 9.17) is 18.9 Å². The highest BCUT2D eigenvalue weighted by atomic mass is 16.5. The molecule has 0 N–H and O–H groups in total. The predicted molar refractivity (Wildman–Crippen MR) is 94.3 cm³/mol. The van der Waals surface area contributed by atoms with Crippen molar-refractivity contribution >= 4 is 12.4 Å². The van der Waals surface area contributed by atoms with Crippen molar-refractivity contribution in [3.05, 3.63) is 47.5 Å². The molecule has 6 nitrogen and oxygen atoms in total. The molecule has 0 spiro atoms. The third-order valence-corrected chi connectivity index (χ3v) is 3.33. The number of ether oxygens (including phenoxy) is 4. The van der Waals surface area contributed by atoms with Gasteiger partial charge in [-0.05, 0) is 24.3 Å². The van der Waals surface area contributed by atoms with Crippen molar-refractivity contribution in [1.29, 1.82) is 0 Å². The molecular weight excluding hydrogens is 308 g/mol. The Kier molecular flexibility index (Phi) is 6.19. The van der Waals surface area contributed by atoms with Gasteiger partial charge in [-0.2, -0.15) is 10.2 Å². The van der Waals surface area contributed by atoms with Crippen molar-refractivity contribution in [2.24, 2.45) is 10.2 Å². The molecule has 6 heteroatoms. The van der Waals surface area contributed by atoms with Crippen molar-refractivity contribution in [2.75, 3.05) is 28.4 Å². The van der Waals surface area contributed by atoms with Crippen LogP contribution in [0.1, 0.15) is 11.1 Å². The van der Waals surface area contributed by atoms with Crippen LogP contribution in [0.25, 0.3) is 0 Å². The van der Waals surface area contributed by atoms with E-state index in [0.29, 0.717) is 23.0 Å². The number of benzene rings is 2. The van der Waals surface area contributed by atoms with Gasteiger partial charge in [0.1, 0.15) is 0 Å². The molecule has 0 bridgehead atoms. The van der Waals surface area contributed by atoms with Gasteiger partial charge in [0.05, 0.1) is 40.9 Å². The summed E-state index contributed by atoms with van der Waals surface area (Å²) < 4.78 is 21.2. The number of methoxy groups -OCH3 is 4. The zero-order chi connectivity index (χ0) is 17.4. The average Bonchev–Trinajstić information content (AvgIpc) is 2.64. The largest absolute Gasteiger partial charge is 0.493 e. The third kappa shape index (κ3) is 3.84. The highest BCUT2D eigenvalue weighted by molar-refractivity contribution is 5.87. The Morgan fingerprint density at radius 2 is 1.04 bits per heavy atom. The fraction of sp³-hybridized carbons (Fsp3) is 0.222. The molecule has 24 heavy (non-hydrogen) atoms. The molecule has 0 aliphatic heterocycles. The minimum atomic E-state index is 0.609. The Balaban J connectivity index is 2.22. The van der Waals surface area contributed by atoms with Gasteiger partial charge in [-0.15, -0.1) is 0 Å². The van der Waals surface area contributed by atoms with Gasteiger partial charge in [0, 0.05) is 11.1 Å². The topological polar surface area (TPSA) is 61.6 Å². The second-order valence-corrected chi connectivity index (χ2v) is 4.65. The standard InChI is InChI=1S/C18H20N2O4/c1-21-15-9-5-7-13(17(15)23-3)11-19-20-12-14-8-6-10-16(22-2)18(14)24-4/h5-12H,1-4H3/b19-11-,20-12+. The van der Waals surface area contributed by atoms with E-state index in [1.807, 2.05) is 36.4 Å². The first-order valence-corrected chi connectivity index (χ1v) is 7.23. The predicted octanol–water partition coefficient (Wildman–Crippen LogP) is 3.17. The van der Waals surface area contributed by atoms with Crippen molar-refractivity contribution in [2.45, 2.75) is 0 Å². The van der Waals surface area contributed by atoms with Gasteiger partial charge in [0.15, 0.2) is 23.0 Å². The fourth-order valence-corrected chi connectivity index (χ4v) is 2.22. The molecule has 0 saturated carbocycles. The van der Waals surface area contributed by atoms with E-state index in [0.717, 1.165) is 11.1 Å². The summed E-state index contributed by atoms with van der Waals surface area (Å²) in [7, 11) is 6.34. The lowest BCUT2D eigenvalue weighted by Gasteiger charge is -2.09. The second-order valence-electron chi connectivity index (χ2n) is 4.65. The highest BCUT2D eigenvalue weighted by Gasteiger charge is 2.08. The Hall–Kier alpha value is -3.02. The van der Waals surface area contributed by atoms with Crippen molar-refractivity contribution in [3.8, 4) is 23.0 Å². The van der Waals surface area contributed by atoms with Crippen molar-refractivity contribution in [1.82, 2.24) is 0 Å². The third-order valence-electron chi connectivity index (χ3n) is 3.33. The Morgan fingerprint density at radius 3 is 1.38 bits per heavy atom. The van der Waals surface area contributed by atoms with E-state index in [2.05, 4.69) is 10.2 Å². The summed E-state index contributed by atoms with van der Waals surface area (Å²) in [6, 6.07) is 11.1. The first kappa shape index (κ1) is 17.3. The normalized spacial score (nSPS) is 11.0. The smallest absolute Gasteiger partial charge is 0.169 e. The lowest BCUT2D eigenvalue weighted by Crippen LogP contribution is -1.95. The van der Waals surface area contributed by atoms with Crippen molar-refractivity contribution < 1.29 is 18.9 Å². The van der Waals surface area contributed by atoms with Crippen LogP contribution in [-0.4, -0.2) is 40.9 Å². The molecule has 0 amide bonds. The first-order valence-electron chi connectivity index (χ1n) is 7.23. The zero-order valence-electron chi connectivity index (χ0n) is 14.1. The molecule has 0 radical (unpaired) electrons. The molecule has 2 aromatic rings. The van der Waals surface area contributed by atoms with Crippen LogP contribution in [0.2, 0.25) is 0 Å². The molecular formula is C18H20N2O4. The van der Waals surface area contributed by atoms with E-state index in [1.54, 1.807) is 40.9 Å². The summed E-state index contributed by atoms with van der Waals surface area (Å²) in [5.74, 6) is 2.50. The van der Waals surface area contributed by atoms with Gasteiger partial charge in [-0.3, -0.25) is 0 Å². The molecule has 2 rings (SSSR count). The molecule has 126 valence electrons. The van der Waals surface area contributed by atoms with Crippen LogP contribution in [-0.2, 0) is 0 Å². The van der Waals surface area contributed by atoms with E-state index < -0.39 is 0 Å². The molecule has 0 fully saturated rings. The number of hydrogen-bond donors (Lipinski definition) is 0. The minimum Gasteiger partial charge on any atom is -0.493 e. The van der Waals surface area contributed by atoms with E-state index in [9.17, 15) is 0 Å². The summed E-state index contributed by atoms with van der Waals surface area (Å²) >= 11 is 0. The Morgan fingerprint density at radius 1 is 0.625 bits per heavy atom. The van der Waals surface area contributed by atoms with Gasteiger partial charge in [-0.25, -0.2) is 0 Å². The van der Waals surface area contributed by atoms with Gasteiger partial charge >= 0.3 is 0 Å². The van der Waals surface area contributed by atoms with Crippen LogP contribution in [0.4, 0.5) is 0 Å². The molecule has 0 heterocycles. The average molecular weight is 328 g/mol. The number of nitrogens with zero attached hydrogens (tertiary/aromatic N) is 2. The van der Waals surface area contributed by atoms with E-state index >= 15 is 0 Å². The van der Waals surface area contributed by atoms with E-state index in [-0.39, 0.29) is 0 Å². The van der Waals surface area contributed by atoms with Crippen LogP contribution in [0, 0.1) is 0 Å². The monoisotopic (exact) mass is 328 g/mol.